The Hall–Kier alpha value is -2.92. The molecule has 0 aliphatic heterocycles. The SMILES string of the molecule is Cc1ccc(-c2cc(C(=O)NCC(O)c3ccc(C)cc3)[nH]n2)cc1. The van der Waals surface area contributed by atoms with Gasteiger partial charge in [0.1, 0.15) is 5.69 Å². The Bertz CT molecular complexity index is 851. The molecule has 0 aliphatic carbocycles. The van der Waals surface area contributed by atoms with Gasteiger partial charge in [0, 0.05) is 12.1 Å². The van der Waals surface area contributed by atoms with Gasteiger partial charge in [-0.3, -0.25) is 9.89 Å². The van der Waals surface area contributed by atoms with Crippen molar-refractivity contribution in [2.75, 3.05) is 6.54 Å². The summed E-state index contributed by atoms with van der Waals surface area (Å²) in [6.45, 7) is 4.15. The Labute approximate surface area is 146 Å². The summed E-state index contributed by atoms with van der Waals surface area (Å²) in [6, 6.07) is 17.2. The molecule has 3 N–H and O–H groups in total. The van der Waals surface area contributed by atoms with Crippen molar-refractivity contribution in [1.29, 1.82) is 0 Å². The number of carbonyl (C=O) groups is 1. The van der Waals surface area contributed by atoms with Crippen LogP contribution in [-0.2, 0) is 0 Å². The third-order valence-corrected chi connectivity index (χ3v) is 4.09. The highest BCUT2D eigenvalue weighted by atomic mass is 16.3. The lowest BCUT2D eigenvalue weighted by Gasteiger charge is -2.12. The van der Waals surface area contributed by atoms with Crippen LogP contribution in [0.25, 0.3) is 11.3 Å². The van der Waals surface area contributed by atoms with Crippen LogP contribution in [0.15, 0.2) is 54.6 Å². The number of nitrogens with one attached hydrogen (secondary N) is 2. The summed E-state index contributed by atoms with van der Waals surface area (Å²) >= 11 is 0. The highest BCUT2D eigenvalue weighted by Gasteiger charge is 2.13. The number of benzene rings is 2. The van der Waals surface area contributed by atoms with Crippen molar-refractivity contribution in [2.45, 2.75) is 20.0 Å². The maximum absolute atomic E-state index is 12.2. The first-order valence-electron chi connectivity index (χ1n) is 8.18. The van der Waals surface area contributed by atoms with Gasteiger partial charge >= 0.3 is 0 Å². The number of nitrogens with zero attached hydrogens (tertiary/aromatic N) is 1. The van der Waals surface area contributed by atoms with Crippen LogP contribution in [0.1, 0.15) is 33.3 Å². The molecule has 5 heteroatoms. The van der Waals surface area contributed by atoms with E-state index < -0.39 is 6.10 Å². The van der Waals surface area contributed by atoms with Crippen molar-refractivity contribution in [3.8, 4) is 11.3 Å². The number of aliphatic hydroxyl groups is 1. The molecule has 0 saturated heterocycles. The summed E-state index contributed by atoms with van der Waals surface area (Å²) in [5, 5.41) is 19.8. The van der Waals surface area contributed by atoms with Crippen LogP contribution in [0.2, 0.25) is 0 Å². The monoisotopic (exact) mass is 335 g/mol. The van der Waals surface area contributed by atoms with E-state index in [2.05, 4.69) is 15.5 Å². The number of rotatable bonds is 5. The van der Waals surface area contributed by atoms with Crippen molar-refractivity contribution in [3.05, 3.63) is 77.0 Å². The number of H-pyrrole nitrogens is 1. The fraction of sp³-hybridized carbons (Fsp3) is 0.200. The molecule has 0 bridgehead atoms. The zero-order valence-corrected chi connectivity index (χ0v) is 14.3. The van der Waals surface area contributed by atoms with Crippen molar-refractivity contribution < 1.29 is 9.90 Å². The van der Waals surface area contributed by atoms with Gasteiger partial charge in [-0.05, 0) is 25.5 Å². The minimum absolute atomic E-state index is 0.140. The Balaban J connectivity index is 1.62. The molecule has 5 nitrogen and oxygen atoms in total. The van der Waals surface area contributed by atoms with Gasteiger partial charge in [0.05, 0.1) is 11.8 Å². The molecule has 0 radical (unpaired) electrons. The molecule has 25 heavy (non-hydrogen) atoms. The van der Waals surface area contributed by atoms with Gasteiger partial charge < -0.3 is 10.4 Å². The van der Waals surface area contributed by atoms with Crippen molar-refractivity contribution in [1.82, 2.24) is 15.5 Å². The largest absolute Gasteiger partial charge is 0.387 e. The van der Waals surface area contributed by atoms with E-state index in [1.54, 1.807) is 6.07 Å². The molecule has 0 spiro atoms. The second-order valence-electron chi connectivity index (χ2n) is 6.17. The van der Waals surface area contributed by atoms with Crippen molar-refractivity contribution in [2.24, 2.45) is 0 Å². The Kier molecular flexibility index (Phi) is 4.95. The fourth-order valence-corrected chi connectivity index (χ4v) is 2.50. The minimum Gasteiger partial charge on any atom is -0.387 e. The van der Waals surface area contributed by atoms with Crippen LogP contribution in [0.5, 0.6) is 0 Å². The summed E-state index contributed by atoms with van der Waals surface area (Å²) in [5.41, 5.74) is 5.09. The lowest BCUT2D eigenvalue weighted by atomic mass is 10.1. The van der Waals surface area contributed by atoms with E-state index in [4.69, 9.17) is 0 Å². The fourth-order valence-electron chi connectivity index (χ4n) is 2.50. The number of aryl methyl sites for hydroxylation is 2. The van der Waals surface area contributed by atoms with Crippen molar-refractivity contribution >= 4 is 5.91 Å². The van der Waals surface area contributed by atoms with E-state index in [1.165, 1.54) is 5.56 Å². The second kappa shape index (κ2) is 7.32. The smallest absolute Gasteiger partial charge is 0.269 e. The lowest BCUT2D eigenvalue weighted by Crippen LogP contribution is -2.28. The van der Waals surface area contributed by atoms with E-state index in [0.29, 0.717) is 11.4 Å². The Morgan fingerprint density at radius 1 is 1.08 bits per heavy atom. The number of aromatic amines is 1. The van der Waals surface area contributed by atoms with Gasteiger partial charge in [-0.15, -0.1) is 0 Å². The van der Waals surface area contributed by atoms with Gasteiger partial charge in [-0.1, -0.05) is 59.7 Å². The van der Waals surface area contributed by atoms with E-state index in [1.807, 2.05) is 62.4 Å². The highest BCUT2D eigenvalue weighted by Crippen LogP contribution is 2.18. The number of aromatic nitrogens is 2. The quantitative estimate of drug-likeness (QED) is 0.670. The average Bonchev–Trinajstić information content (AvgIpc) is 3.11. The van der Waals surface area contributed by atoms with Gasteiger partial charge in [-0.25, -0.2) is 0 Å². The summed E-state index contributed by atoms with van der Waals surface area (Å²) in [7, 11) is 0. The number of carbonyl (C=O) groups excluding carboxylic acids is 1. The molecule has 1 unspecified atom stereocenters. The van der Waals surface area contributed by atoms with Gasteiger partial charge in [0.15, 0.2) is 0 Å². The normalized spacial score (nSPS) is 12.0. The second-order valence-corrected chi connectivity index (χ2v) is 6.17. The van der Waals surface area contributed by atoms with Crippen LogP contribution < -0.4 is 5.32 Å². The summed E-state index contributed by atoms with van der Waals surface area (Å²) in [6.07, 6.45) is -0.746. The predicted octanol–water partition coefficient (Wildman–Crippen LogP) is 3.16. The van der Waals surface area contributed by atoms with Crippen LogP contribution in [0.4, 0.5) is 0 Å². The summed E-state index contributed by atoms with van der Waals surface area (Å²) in [5.74, 6) is -0.294. The number of aliphatic hydroxyl groups excluding tert-OH is 1. The highest BCUT2D eigenvalue weighted by molar-refractivity contribution is 5.93. The molecule has 1 atom stereocenters. The molecule has 1 aromatic heterocycles. The zero-order valence-electron chi connectivity index (χ0n) is 14.3. The number of hydrogen-bond donors (Lipinski definition) is 3. The molecule has 0 aliphatic rings. The van der Waals surface area contributed by atoms with E-state index in [0.717, 1.165) is 16.7 Å². The zero-order chi connectivity index (χ0) is 17.8. The molecular formula is C20H21N3O2. The Morgan fingerprint density at radius 3 is 2.32 bits per heavy atom. The minimum atomic E-state index is -0.746. The van der Waals surface area contributed by atoms with Gasteiger partial charge in [0.2, 0.25) is 0 Å². The van der Waals surface area contributed by atoms with Gasteiger partial charge in [0.25, 0.3) is 5.91 Å². The molecule has 1 amide bonds. The van der Waals surface area contributed by atoms with E-state index >= 15 is 0 Å². The molecule has 0 fully saturated rings. The average molecular weight is 335 g/mol. The third-order valence-electron chi connectivity index (χ3n) is 4.09. The number of amides is 1. The predicted molar refractivity (Wildman–Crippen MR) is 97.2 cm³/mol. The lowest BCUT2D eigenvalue weighted by molar-refractivity contribution is 0.0911. The first kappa shape index (κ1) is 16.9. The topological polar surface area (TPSA) is 78.0 Å². The summed E-state index contributed by atoms with van der Waals surface area (Å²) in [4.78, 5) is 12.2. The molecule has 3 aromatic rings. The maximum Gasteiger partial charge on any atom is 0.269 e. The standard InChI is InChI=1S/C20H21N3O2/c1-13-3-7-15(8-4-13)17-11-18(23-22-17)20(25)21-12-19(24)16-9-5-14(2)6-10-16/h3-11,19,24H,12H2,1-2H3,(H,21,25)(H,22,23). The Morgan fingerprint density at radius 2 is 1.68 bits per heavy atom. The number of hydrogen-bond acceptors (Lipinski definition) is 3. The first-order valence-corrected chi connectivity index (χ1v) is 8.18. The maximum atomic E-state index is 12.2. The molecule has 128 valence electrons. The van der Waals surface area contributed by atoms with Crippen molar-refractivity contribution in [3.63, 3.8) is 0 Å². The molecule has 0 saturated carbocycles. The third kappa shape index (κ3) is 4.14. The summed E-state index contributed by atoms with van der Waals surface area (Å²) < 4.78 is 0. The molecule has 1 heterocycles. The van der Waals surface area contributed by atoms with Crippen LogP contribution in [-0.4, -0.2) is 27.8 Å². The van der Waals surface area contributed by atoms with Crippen LogP contribution in [0, 0.1) is 13.8 Å². The molecular weight excluding hydrogens is 314 g/mol. The van der Waals surface area contributed by atoms with Crippen LogP contribution >= 0.6 is 0 Å². The molecule has 3 rings (SSSR count). The van der Waals surface area contributed by atoms with Crippen LogP contribution in [0.3, 0.4) is 0 Å². The van der Waals surface area contributed by atoms with E-state index in [9.17, 15) is 9.90 Å². The molecule has 2 aromatic carbocycles. The first-order chi connectivity index (χ1) is 12.0. The van der Waals surface area contributed by atoms with Gasteiger partial charge in [-0.2, -0.15) is 5.10 Å². The van der Waals surface area contributed by atoms with E-state index in [-0.39, 0.29) is 12.5 Å².